The van der Waals surface area contributed by atoms with Crippen LogP contribution in [-0.4, -0.2) is 48.9 Å². The summed E-state index contributed by atoms with van der Waals surface area (Å²) >= 11 is 6.35. The standard InChI is InChI=1S/C17H22ClN3O2/c1-2-20-11-13(10-16(20)22)19-17(23)12-5-6-15(14(18)9-12)21-7-3-4-8-21/h5-6,9,13H,2-4,7-8,10-11H2,1H3,(H,19,23)/t13-/m0/s1. The normalized spacial score (nSPS) is 21.1. The highest BCUT2D eigenvalue weighted by molar-refractivity contribution is 6.33. The highest BCUT2D eigenvalue weighted by Crippen LogP contribution is 2.29. The second-order valence-corrected chi connectivity index (χ2v) is 6.57. The molecule has 0 bridgehead atoms. The third-order valence-corrected chi connectivity index (χ3v) is 4.89. The summed E-state index contributed by atoms with van der Waals surface area (Å²) in [5, 5.41) is 3.54. The molecule has 2 saturated heterocycles. The van der Waals surface area contributed by atoms with Gasteiger partial charge in [0.05, 0.1) is 16.8 Å². The highest BCUT2D eigenvalue weighted by Gasteiger charge is 2.29. The molecule has 124 valence electrons. The number of benzene rings is 1. The largest absolute Gasteiger partial charge is 0.370 e. The summed E-state index contributed by atoms with van der Waals surface area (Å²) in [6.45, 7) is 5.24. The predicted octanol–water partition coefficient (Wildman–Crippen LogP) is 2.29. The number of carbonyl (C=O) groups is 2. The van der Waals surface area contributed by atoms with Gasteiger partial charge in [-0.05, 0) is 38.0 Å². The van der Waals surface area contributed by atoms with Crippen LogP contribution in [0.5, 0.6) is 0 Å². The van der Waals surface area contributed by atoms with Crippen LogP contribution in [0.3, 0.4) is 0 Å². The average molecular weight is 336 g/mol. The summed E-state index contributed by atoms with van der Waals surface area (Å²) in [5.74, 6) is -0.0733. The summed E-state index contributed by atoms with van der Waals surface area (Å²) < 4.78 is 0. The van der Waals surface area contributed by atoms with Crippen molar-refractivity contribution >= 4 is 29.1 Å². The Morgan fingerprint density at radius 1 is 1.35 bits per heavy atom. The third kappa shape index (κ3) is 3.44. The zero-order chi connectivity index (χ0) is 16.4. The van der Waals surface area contributed by atoms with Crippen molar-refractivity contribution in [1.29, 1.82) is 0 Å². The number of hydrogen-bond donors (Lipinski definition) is 1. The van der Waals surface area contributed by atoms with Crippen molar-refractivity contribution in [3.63, 3.8) is 0 Å². The van der Waals surface area contributed by atoms with Crippen LogP contribution in [0, 0.1) is 0 Å². The van der Waals surface area contributed by atoms with Crippen molar-refractivity contribution in [2.24, 2.45) is 0 Å². The van der Waals surface area contributed by atoms with Crippen LogP contribution in [0.1, 0.15) is 36.5 Å². The summed E-state index contributed by atoms with van der Waals surface area (Å²) in [7, 11) is 0. The molecule has 2 aliphatic rings. The van der Waals surface area contributed by atoms with Crippen molar-refractivity contribution in [2.75, 3.05) is 31.1 Å². The lowest BCUT2D eigenvalue weighted by Crippen LogP contribution is -2.37. The third-order valence-electron chi connectivity index (χ3n) is 4.59. The summed E-state index contributed by atoms with van der Waals surface area (Å²) in [5.41, 5.74) is 1.54. The first-order valence-electron chi connectivity index (χ1n) is 8.21. The molecule has 0 saturated carbocycles. The molecule has 2 fully saturated rings. The molecule has 0 radical (unpaired) electrons. The van der Waals surface area contributed by atoms with E-state index >= 15 is 0 Å². The second-order valence-electron chi connectivity index (χ2n) is 6.17. The molecule has 5 nitrogen and oxygen atoms in total. The highest BCUT2D eigenvalue weighted by atomic mass is 35.5. The molecule has 1 N–H and O–H groups in total. The molecule has 6 heteroatoms. The van der Waals surface area contributed by atoms with Gasteiger partial charge in [0.25, 0.3) is 5.91 Å². The van der Waals surface area contributed by atoms with Gasteiger partial charge in [0.2, 0.25) is 5.91 Å². The zero-order valence-corrected chi connectivity index (χ0v) is 14.1. The van der Waals surface area contributed by atoms with Gasteiger partial charge in [-0.25, -0.2) is 0 Å². The molecule has 2 amide bonds. The zero-order valence-electron chi connectivity index (χ0n) is 13.3. The van der Waals surface area contributed by atoms with Gasteiger partial charge < -0.3 is 15.1 Å². The number of likely N-dealkylation sites (N-methyl/N-ethyl adjacent to an activating group) is 1. The van der Waals surface area contributed by atoms with E-state index in [-0.39, 0.29) is 17.9 Å². The molecule has 2 aliphatic heterocycles. The maximum Gasteiger partial charge on any atom is 0.251 e. The lowest BCUT2D eigenvalue weighted by molar-refractivity contribution is -0.127. The molecule has 1 atom stereocenters. The topological polar surface area (TPSA) is 52.7 Å². The number of amides is 2. The van der Waals surface area contributed by atoms with Gasteiger partial charge in [-0.2, -0.15) is 0 Å². The second kappa shape index (κ2) is 6.79. The molecular formula is C17H22ClN3O2. The van der Waals surface area contributed by atoms with Crippen LogP contribution in [0.2, 0.25) is 5.02 Å². The fourth-order valence-corrected chi connectivity index (χ4v) is 3.61. The Morgan fingerprint density at radius 3 is 2.70 bits per heavy atom. The number of halogens is 1. The molecule has 0 aliphatic carbocycles. The minimum atomic E-state index is -0.171. The minimum Gasteiger partial charge on any atom is -0.370 e. The fourth-order valence-electron chi connectivity index (χ4n) is 3.31. The Kier molecular flexibility index (Phi) is 4.76. The predicted molar refractivity (Wildman–Crippen MR) is 91.0 cm³/mol. The fraction of sp³-hybridized carbons (Fsp3) is 0.529. The SMILES string of the molecule is CCN1C[C@@H](NC(=O)c2ccc(N3CCCC3)c(Cl)c2)CC1=O. The van der Waals surface area contributed by atoms with Gasteiger partial charge in [0, 0.05) is 38.2 Å². The van der Waals surface area contributed by atoms with E-state index in [1.807, 2.05) is 19.1 Å². The smallest absolute Gasteiger partial charge is 0.251 e. The van der Waals surface area contributed by atoms with Crippen molar-refractivity contribution in [3.05, 3.63) is 28.8 Å². The number of carbonyl (C=O) groups excluding carboxylic acids is 2. The molecule has 0 spiro atoms. The molecule has 3 rings (SSSR count). The van der Waals surface area contributed by atoms with Crippen molar-refractivity contribution in [1.82, 2.24) is 10.2 Å². The maximum atomic E-state index is 12.4. The molecule has 0 unspecified atom stereocenters. The quantitative estimate of drug-likeness (QED) is 0.918. The lowest BCUT2D eigenvalue weighted by atomic mass is 10.1. The van der Waals surface area contributed by atoms with Crippen LogP contribution in [0.25, 0.3) is 0 Å². The van der Waals surface area contributed by atoms with Gasteiger partial charge in [-0.3, -0.25) is 9.59 Å². The van der Waals surface area contributed by atoms with E-state index < -0.39 is 0 Å². The van der Waals surface area contributed by atoms with Gasteiger partial charge in [0.1, 0.15) is 0 Å². The van der Waals surface area contributed by atoms with E-state index in [9.17, 15) is 9.59 Å². The number of rotatable bonds is 4. The minimum absolute atomic E-state index is 0.0974. The molecular weight excluding hydrogens is 314 g/mol. The Morgan fingerprint density at radius 2 is 2.09 bits per heavy atom. The van der Waals surface area contributed by atoms with E-state index in [0.717, 1.165) is 18.8 Å². The average Bonchev–Trinajstić information content (AvgIpc) is 3.16. The van der Waals surface area contributed by atoms with E-state index in [1.54, 1.807) is 11.0 Å². The van der Waals surface area contributed by atoms with E-state index in [2.05, 4.69) is 10.2 Å². The first-order valence-corrected chi connectivity index (χ1v) is 8.59. The molecule has 1 aromatic carbocycles. The number of nitrogens with zero attached hydrogens (tertiary/aromatic N) is 2. The first-order chi connectivity index (χ1) is 11.1. The van der Waals surface area contributed by atoms with Gasteiger partial charge >= 0.3 is 0 Å². The van der Waals surface area contributed by atoms with Crippen LogP contribution < -0.4 is 10.2 Å². The molecule has 0 aromatic heterocycles. The van der Waals surface area contributed by atoms with Crippen LogP contribution >= 0.6 is 11.6 Å². The van der Waals surface area contributed by atoms with Crippen molar-refractivity contribution in [3.8, 4) is 0 Å². The summed E-state index contributed by atoms with van der Waals surface area (Å²) in [6.07, 6.45) is 2.74. The van der Waals surface area contributed by atoms with Crippen molar-refractivity contribution < 1.29 is 9.59 Å². The number of nitrogens with one attached hydrogen (secondary N) is 1. The monoisotopic (exact) mass is 335 g/mol. The summed E-state index contributed by atoms with van der Waals surface area (Å²) in [4.78, 5) is 28.1. The Bertz CT molecular complexity index is 614. The van der Waals surface area contributed by atoms with Gasteiger partial charge in [0.15, 0.2) is 0 Å². The van der Waals surface area contributed by atoms with Gasteiger partial charge in [-0.1, -0.05) is 11.6 Å². The summed E-state index contributed by atoms with van der Waals surface area (Å²) in [6, 6.07) is 5.33. The number of anilines is 1. The molecule has 1 aromatic rings. The van der Waals surface area contributed by atoms with E-state index in [0.29, 0.717) is 30.1 Å². The van der Waals surface area contributed by atoms with Gasteiger partial charge in [-0.15, -0.1) is 0 Å². The lowest BCUT2D eigenvalue weighted by Gasteiger charge is -2.20. The Balaban J connectivity index is 1.66. The van der Waals surface area contributed by atoms with E-state index in [4.69, 9.17) is 11.6 Å². The first kappa shape index (κ1) is 16.1. The molecule has 23 heavy (non-hydrogen) atoms. The Labute approximate surface area is 141 Å². The van der Waals surface area contributed by atoms with Crippen molar-refractivity contribution in [2.45, 2.75) is 32.2 Å². The van der Waals surface area contributed by atoms with Crippen LogP contribution in [0.15, 0.2) is 18.2 Å². The maximum absolute atomic E-state index is 12.4. The number of hydrogen-bond acceptors (Lipinski definition) is 3. The van der Waals surface area contributed by atoms with Crippen LogP contribution in [-0.2, 0) is 4.79 Å². The van der Waals surface area contributed by atoms with E-state index in [1.165, 1.54) is 12.8 Å². The Hall–Kier alpha value is -1.75. The number of likely N-dealkylation sites (tertiary alicyclic amines) is 1. The van der Waals surface area contributed by atoms with Crippen LogP contribution in [0.4, 0.5) is 5.69 Å². The molecule has 2 heterocycles.